The summed E-state index contributed by atoms with van der Waals surface area (Å²) < 4.78 is 6.46. The zero-order valence-electron chi connectivity index (χ0n) is 13.5. The molecule has 0 saturated heterocycles. The van der Waals surface area contributed by atoms with E-state index < -0.39 is 20.6 Å². The van der Waals surface area contributed by atoms with Gasteiger partial charge in [0.1, 0.15) is 0 Å². The van der Waals surface area contributed by atoms with Crippen molar-refractivity contribution < 1.29 is 3.63 Å². The second kappa shape index (κ2) is 8.71. The van der Waals surface area contributed by atoms with E-state index in [9.17, 15) is 0 Å². The highest BCUT2D eigenvalue weighted by molar-refractivity contribution is 8.40. The topological polar surface area (TPSA) is 67.8 Å². The summed E-state index contributed by atoms with van der Waals surface area (Å²) in [4.78, 5) is 4.52. The fraction of sp³-hybridized carbons (Fsp3) is 1.00. The Morgan fingerprint density at radius 3 is 1.37 bits per heavy atom. The SMILES string of the molecule is CN(CCN)CS(C)(C)OS(C)(C)CN(C)CCN. The normalized spacial score (nSPS) is 15.3. The van der Waals surface area contributed by atoms with Crippen LogP contribution in [0.5, 0.6) is 0 Å². The molecular weight excluding hydrogens is 280 g/mol. The lowest BCUT2D eigenvalue weighted by Gasteiger charge is -2.45. The Labute approximate surface area is 123 Å². The van der Waals surface area contributed by atoms with Crippen LogP contribution in [0.3, 0.4) is 0 Å². The minimum Gasteiger partial charge on any atom is -0.329 e. The summed E-state index contributed by atoms with van der Waals surface area (Å²) in [5, 5.41) is 0. The van der Waals surface area contributed by atoms with Crippen molar-refractivity contribution in [2.75, 3.05) is 77.1 Å². The molecule has 0 saturated carbocycles. The molecule has 19 heavy (non-hydrogen) atoms. The second-order valence-electron chi connectivity index (χ2n) is 5.94. The lowest BCUT2D eigenvalue weighted by Crippen LogP contribution is -2.32. The molecule has 0 rings (SSSR count). The minimum atomic E-state index is -1.07. The fourth-order valence-electron chi connectivity index (χ4n) is 2.17. The van der Waals surface area contributed by atoms with Gasteiger partial charge in [-0.3, -0.25) is 13.4 Å². The van der Waals surface area contributed by atoms with Crippen molar-refractivity contribution >= 4 is 20.6 Å². The van der Waals surface area contributed by atoms with E-state index in [2.05, 4.69) is 48.9 Å². The van der Waals surface area contributed by atoms with Crippen LogP contribution in [0.25, 0.3) is 0 Å². The van der Waals surface area contributed by atoms with Gasteiger partial charge in [-0.1, -0.05) is 0 Å². The van der Waals surface area contributed by atoms with Crippen LogP contribution < -0.4 is 11.5 Å². The summed E-state index contributed by atoms with van der Waals surface area (Å²) in [6.07, 6.45) is 8.94. The van der Waals surface area contributed by atoms with Crippen molar-refractivity contribution in [3.05, 3.63) is 0 Å². The van der Waals surface area contributed by atoms with E-state index in [1.54, 1.807) is 0 Å². The van der Waals surface area contributed by atoms with E-state index in [1.165, 1.54) is 0 Å². The van der Waals surface area contributed by atoms with Crippen molar-refractivity contribution in [1.82, 2.24) is 9.80 Å². The summed E-state index contributed by atoms with van der Waals surface area (Å²) in [5.41, 5.74) is 11.2. The summed E-state index contributed by atoms with van der Waals surface area (Å²) in [5.74, 6) is 1.95. The standard InChI is InChI=1S/C12H34N4OS2/c1-15(9-7-13)11-18(3,4)17-19(5,6)12-16(2)10-8-14/h7-14H2,1-6H3. The maximum atomic E-state index is 6.46. The van der Waals surface area contributed by atoms with E-state index >= 15 is 0 Å². The Hall–Kier alpha value is 0.500. The first-order valence-electron chi connectivity index (χ1n) is 6.52. The number of hydrogen-bond acceptors (Lipinski definition) is 5. The highest BCUT2D eigenvalue weighted by Crippen LogP contribution is 2.57. The molecule has 0 unspecified atom stereocenters. The van der Waals surface area contributed by atoms with Gasteiger partial charge >= 0.3 is 0 Å². The first-order chi connectivity index (χ1) is 8.62. The van der Waals surface area contributed by atoms with Gasteiger partial charge < -0.3 is 11.5 Å². The van der Waals surface area contributed by atoms with Gasteiger partial charge in [0.2, 0.25) is 0 Å². The van der Waals surface area contributed by atoms with E-state index in [0.717, 1.165) is 24.8 Å². The average molecular weight is 315 g/mol. The molecule has 0 bridgehead atoms. The van der Waals surface area contributed by atoms with Gasteiger partial charge in [0.15, 0.2) is 0 Å². The highest BCUT2D eigenvalue weighted by Gasteiger charge is 2.24. The van der Waals surface area contributed by atoms with Crippen LogP contribution in [0.1, 0.15) is 0 Å². The van der Waals surface area contributed by atoms with Gasteiger partial charge in [0.25, 0.3) is 0 Å². The molecular formula is C12H34N4OS2. The molecule has 0 aromatic rings. The molecule has 7 heteroatoms. The van der Waals surface area contributed by atoms with Gasteiger partial charge in [-0.15, -0.1) is 20.6 Å². The minimum absolute atomic E-state index is 0.696. The van der Waals surface area contributed by atoms with Crippen LogP contribution in [0.2, 0.25) is 0 Å². The zero-order valence-corrected chi connectivity index (χ0v) is 15.1. The Bertz CT molecular complexity index is 228. The van der Waals surface area contributed by atoms with Crippen LogP contribution in [0.4, 0.5) is 0 Å². The van der Waals surface area contributed by atoms with Crippen molar-refractivity contribution in [2.24, 2.45) is 11.5 Å². The number of hydrogen-bond donors (Lipinski definition) is 2. The van der Waals surface area contributed by atoms with Gasteiger partial charge in [0.05, 0.1) is 11.8 Å². The number of rotatable bonds is 10. The molecule has 0 atom stereocenters. The molecule has 0 aromatic heterocycles. The molecule has 0 aliphatic heterocycles. The van der Waals surface area contributed by atoms with Crippen LogP contribution in [-0.4, -0.2) is 86.9 Å². The number of nitrogens with two attached hydrogens (primary N) is 2. The number of nitrogens with zero attached hydrogens (tertiary/aromatic N) is 2. The predicted molar refractivity (Wildman–Crippen MR) is 93.1 cm³/mol. The van der Waals surface area contributed by atoms with Crippen LogP contribution >= 0.6 is 20.6 Å². The smallest absolute Gasteiger partial charge is 0.0503 e. The first-order valence-corrected chi connectivity index (χ1v) is 11.6. The maximum Gasteiger partial charge on any atom is 0.0503 e. The predicted octanol–water partition coefficient (Wildman–Crippen LogP) is 0.657. The Morgan fingerprint density at radius 2 is 1.11 bits per heavy atom. The van der Waals surface area contributed by atoms with Crippen molar-refractivity contribution in [2.45, 2.75) is 0 Å². The third kappa shape index (κ3) is 9.95. The zero-order chi connectivity index (χ0) is 15.1. The Kier molecular flexibility index (Phi) is 8.94. The lowest BCUT2D eigenvalue weighted by molar-refractivity contribution is 0.388. The Morgan fingerprint density at radius 1 is 0.789 bits per heavy atom. The fourth-order valence-corrected chi connectivity index (χ4v) is 8.89. The molecule has 0 amide bonds. The van der Waals surface area contributed by atoms with Crippen molar-refractivity contribution in [3.63, 3.8) is 0 Å². The largest absolute Gasteiger partial charge is 0.329 e. The summed E-state index contributed by atoms with van der Waals surface area (Å²) in [6, 6.07) is 0. The molecule has 0 spiro atoms. The van der Waals surface area contributed by atoms with E-state index in [0.29, 0.717) is 13.1 Å². The van der Waals surface area contributed by atoms with E-state index in [-0.39, 0.29) is 0 Å². The van der Waals surface area contributed by atoms with Gasteiger partial charge in [-0.05, 0) is 39.1 Å². The molecule has 0 aliphatic rings. The highest BCUT2D eigenvalue weighted by atomic mass is 32.3. The monoisotopic (exact) mass is 314 g/mol. The molecule has 0 radical (unpaired) electrons. The molecule has 0 fully saturated rings. The van der Waals surface area contributed by atoms with Crippen LogP contribution in [0, 0.1) is 0 Å². The molecule has 0 aromatic carbocycles. The molecule has 4 N–H and O–H groups in total. The third-order valence-electron chi connectivity index (χ3n) is 2.45. The quantitative estimate of drug-likeness (QED) is 0.620. The van der Waals surface area contributed by atoms with Gasteiger partial charge in [-0.2, -0.15) is 0 Å². The first kappa shape index (κ1) is 19.5. The van der Waals surface area contributed by atoms with Crippen molar-refractivity contribution in [1.29, 1.82) is 0 Å². The van der Waals surface area contributed by atoms with Gasteiger partial charge in [-0.25, -0.2) is 0 Å². The second-order valence-corrected chi connectivity index (χ2v) is 12.7. The van der Waals surface area contributed by atoms with Gasteiger partial charge in [0, 0.05) is 26.2 Å². The van der Waals surface area contributed by atoms with Crippen LogP contribution in [-0.2, 0) is 3.63 Å². The van der Waals surface area contributed by atoms with Crippen molar-refractivity contribution in [3.8, 4) is 0 Å². The summed E-state index contributed by atoms with van der Waals surface area (Å²) >= 11 is 0. The number of likely N-dealkylation sites (N-methyl/N-ethyl adjacent to an activating group) is 2. The summed E-state index contributed by atoms with van der Waals surface area (Å²) in [6.45, 7) is 3.23. The lowest BCUT2D eigenvalue weighted by atomic mass is 10.6. The third-order valence-corrected chi connectivity index (χ3v) is 7.52. The molecule has 0 heterocycles. The molecule has 0 aliphatic carbocycles. The summed E-state index contributed by atoms with van der Waals surface area (Å²) in [7, 11) is 2.07. The molecule has 120 valence electrons. The average Bonchev–Trinajstić information content (AvgIpc) is 2.13. The van der Waals surface area contributed by atoms with Crippen LogP contribution in [0.15, 0.2) is 0 Å². The van der Waals surface area contributed by atoms with E-state index in [1.807, 2.05) is 0 Å². The maximum absolute atomic E-state index is 6.46. The Balaban J connectivity index is 4.36. The molecule has 5 nitrogen and oxygen atoms in total. The van der Waals surface area contributed by atoms with E-state index in [4.69, 9.17) is 15.1 Å².